The van der Waals surface area contributed by atoms with E-state index in [-0.39, 0.29) is 30.7 Å². The molecule has 206 valence electrons. The summed E-state index contributed by atoms with van der Waals surface area (Å²) in [7, 11) is 0. The molecule has 0 aromatic heterocycles. The van der Waals surface area contributed by atoms with Crippen LogP contribution in [0.2, 0.25) is 0 Å². The Morgan fingerprint density at radius 3 is 1.84 bits per heavy atom. The Balaban J connectivity index is 0.000000856. The summed E-state index contributed by atoms with van der Waals surface area (Å²) in [5, 5.41) is 2.79. The van der Waals surface area contributed by atoms with Crippen LogP contribution in [0.25, 0.3) is 0 Å². The molecule has 2 rings (SSSR count). The minimum absolute atomic E-state index is 0.0799. The number of nitrogens with one attached hydrogen (secondary N) is 1. The van der Waals surface area contributed by atoms with Gasteiger partial charge in [-0.2, -0.15) is 0 Å². The van der Waals surface area contributed by atoms with E-state index in [9.17, 15) is 38.4 Å². The summed E-state index contributed by atoms with van der Waals surface area (Å²) in [6.45, 7) is 5.42. The average molecular weight is 529 g/mol. The number of hydroxylamine groups is 4. The van der Waals surface area contributed by atoms with Gasteiger partial charge in [-0.25, -0.2) is 9.59 Å². The summed E-state index contributed by atoms with van der Waals surface area (Å²) in [6.07, 6.45) is -0.805. The highest BCUT2D eigenvalue weighted by Gasteiger charge is 2.36. The monoisotopic (exact) mass is 528 g/mol. The van der Waals surface area contributed by atoms with Crippen molar-refractivity contribution in [1.29, 1.82) is 0 Å². The van der Waals surface area contributed by atoms with Crippen LogP contribution >= 0.6 is 0 Å². The fourth-order valence-corrected chi connectivity index (χ4v) is 2.91. The molecule has 15 heteroatoms. The van der Waals surface area contributed by atoms with Crippen molar-refractivity contribution in [2.45, 2.75) is 71.3 Å². The van der Waals surface area contributed by atoms with Gasteiger partial charge in [0, 0.05) is 51.7 Å². The normalized spacial score (nSPS) is 15.8. The van der Waals surface area contributed by atoms with E-state index in [1.165, 1.54) is 0 Å². The molecular formula is C22H32N4O11. The number of carbonyl (C=O) groups is 8. The van der Waals surface area contributed by atoms with E-state index in [1.54, 1.807) is 0 Å². The molecule has 2 heterocycles. The van der Waals surface area contributed by atoms with Crippen molar-refractivity contribution in [2.75, 3.05) is 19.8 Å². The molecule has 0 saturated carbocycles. The molecule has 15 nitrogen and oxygen atoms in total. The van der Waals surface area contributed by atoms with Gasteiger partial charge < -0.3 is 25.5 Å². The third kappa shape index (κ3) is 11.3. The van der Waals surface area contributed by atoms with Crippen molar-refractivity contribution in [3.05, 3.63) is 0 Å². The number of nitrogens with zero attached hydrogens (tertiary/aromatic N) is 2. The van der Waals surface area contributed by atoms with Crippen LogP contribution in [-0.2, 0) is 52.8 Å². The molecule has 2 aliphatic rings. The van der Waals surface area contributed by atoms with Crippen LogP contribution in [0.1, 0.15) is 65.2 Å². The molecule has 0 aromatic rings. The Kier molecular flexibility index (Phi) is 13.6. The van der Waals surface area contributed by atoms with E-state index in [0.717, 1.165) is 20.0 Å². The van der Waals surface area contributed by atoms with Gasteiger partial charge in [0.25, 0.3) is 23.6 Å². The number of carbonyl (C=O) groups excluding carboxylic acids is 8. The molecule has 2 saturated heterocycles. The summed E-state index contributed by atoms with van der Waals surface area (Å²) < 4.78 is 5.01. The maximum absolute atomic E-state index is 12.2. The highest BCUT2D eigenvalue weighted by molar-refractivity contribution is 6.02. The lowest BCUT2D eigenvalue weighted by atomic mass is 10.1. The van der Waals surface area contributed by atoms with Crippen molar-refractivity contribution in [2.24, 2.45) is 5.73 Å². The molecule has 1 unspecified atom stereocenters. The molecule has 2 fully saturated rings. The second-order valence-corrected chi connectivity index (χ2v) is 7.96. The highest BCUT2D eigenvalue weighted by atomic mass is 16.7. The van der Waals surface area contributed by atoms with Gasteiger partial charge in [0.2, 0.25) is 5.91 Å². The molecule has 5 amide bonds. The summed E-state index contributed by atoms with van der Waals surface area (Å²) in [4.78, 5) is 102. The minimum Gasteiger partial charge on any atom is -0.380 e. The third-order valence-electron chi connectivity index (χ3n) is 4.66. The number of ketones is 1. The van der Waals surface area contributed by atoms with Crippen molar-refractivity contribution in [3.8, 4) is 0 Å². The quantitative estimate of drug-likeness (QED) is 0.214. The van der Waals surface area contributed by atoms with E-state index in [0.29, 0.717) is 18.2 Å². The Morgan fingerprint density at radius 2 is 1.38 bits per heavy atom. The molecule has 0 bridgehead atoms. The molecule has 0 aromatic carbocycles. The van der Waals surface area contributed by atoms with Crippen LogP contribution in [0.4, 0.5) is 0 Å². The Hall–Kier alpha value is -3.72. The Morgan fingerprint density at radius 1 is 0.865 bits per heavy atom. The van der Waals surface area contributed by atoms with Gasteiger partial charge >= 0.3 is 11.9 Å². The number of hydrogen-bond donors (Lipinski definition) is 2. The van der Waals surface area contributed by atoms with Crippen LogP contribution in [0, 0.1) is 0 Å². The highest BCUT2D eigenvalue weighted by Crippen LogP contribution is 2.14. The second kappa shape index (κ2) is 16.1. The lowest BCUT2D eigenvalue weighted by Gasteiger charge is -2.19. The number of rotatable bonds is 13. The summed E-state index contributed by atoms with van der Waals surface area (Å²) in [5.41, 5.74) is 5.14. The van der Waals surface area contributed by atoms with Crippen LogP contribution in [0.5, 0.6) is 0 Å². The van der Waals surface area contributed by atoms with Crippen molar-refractivity contribution >= 4 is 47.3 Å². The predicted octanol–water partition coefficient (Wildman–Crippen LogP) is -1.18. The van der Waals surface area contributed by atoms with E-state index < -0.39 is 72.6 Å². The molecular weight excluding hydrogens is 496 g/mol. The molecule has 1 atom stereocenters. The van der Waals surface area contributed by atoms with Crippen molar-refractivity contribution in [1.82, 2.24) is 15.4 Å². The van der Waals surface area contributed by atoms with E-state index in [1.807, 2.05) is 0 Å². The molecule has 37 heavy (non-hydrogen) atoms. The first-order chi connectivity index (χ1) is 17.5. The molecule has 0 radical (unpaired) electrons. The van der Waals surface area contributed by atoms with Gasteiger partial charge in [-0.3, -0.25) is 28.8 Å². The lowest BCUT2D eigenvalue weighted by molar-refractivity contribution is -0.199. The first-order valence-corrected chi connectivity index (χ1v) is 11.7. The maximum atomic E-state index is 12.2. The number of nitrogens with two attached hydrogens (primary N) is 1. The van der Waals surface area contributed by atoms with Gasteiger partial charge in [0.15, 0.2) is 0 Å². The SMILES string of the molecule is CC(=O)CC(NC(=O)CCC(=O)ON1C(=O)CCC1=O)C(=O)ON1C(=O)CCC1=O.CCCOCCN. The number of ether oxygens (including phenoxy) is 1. The second-order valence-electron chi connectivity index (χ2n) is 7.96. The van der Waals surface area contributed by atoms with Gasteiger partial charge in [-0.1, -0.05) is 6.92 Å². The zero-order valence-electron chi connectivity index (χ0n) is 20.8. The summed E-state index contributed by atoms with van der Waals surface area (Å²) >= 11 is 0. The maximum Gasteiger partial charge on any atom is 0.355 e. The lowest BCUT2D eigenvalue weighted by Crippen LogP contribution is -2.46. The summed E-state index contributed by atoms with van der Waals surface area (Å²) in [5.74, 6) is -6.34. The number of hydrogen-bond acceptors (Lipinski definition) is 12. The largest absolute Gasteiger partial charge is 0.380 e. The molecule has 2 aliphatic heterocycles. The van der Waals surface area contributed by atoms with E-state index >= 15 is 0 Å². The van der Waals surface area contributed by atoms with Gasteiger partial charge in [0.05, 0.1) is 13.0 Å². The van der Waals surface area contributed by atoms with Crippen LogP contribution in [0.3, 0.4) is 0 Å². The fraction of sp³-hybridized carbons (Fsp3) is 0.636. The van der Waals surface area contributed by atoms with Crippen molar-refractivity contribution in [3.63, 3.8) is 0 Å². The van der Waals surface area contributed by atoms with Crippen LogP contribution in [0.15, 0.2) is 0 Å². The smallest absolute Gasteiger partial charge is 0.355 e. The molecule has 0 aliphatic carbocycles. The Labute approximate surface area is 212 Å². The molecule has 3 N–H and O–H groups in total. The topological polar surface area (TPSA) is 209 Å². The number of Topliss-reactive ketones (excluding diaryl/α,β-unsaturated/α-hetero) is 1. The Bertz CT molecular complexity index is 869. The van der Waals surface area contributed by atoms with Gasteiger partial charge in [-0.05, 0) is 13.3 Å². The van der Waals surface area contributed by atoms with E-state index in [2.05, 4.69) is 17.1 Å². The van der Waals surface area contributed by atoms with Gasteiger partial charge in [-0.15, -0.1) is 10.1 Å². The van der Waals surface area contributed by atoms with E-state index in [4.69, 9.17) is 15.3 Å². The molecule has 0 spiro atoms. The zero-order chi connectivity index (χ0) is 28.0. The fourth-order valence-electron chi connectivity index (χ4n) is 2.91. The van der Waals surface area contributed by atoms with Crippen LogP contribution < -0.4 is 11.1 Å². The standard InChI is InChI=1S/C17H19N3O10.C5H13NO/c1-9(21)8-10(17(28)30-20-14(25)5-6-15(20)26)18-11(22)2-7-16(27)29-19-12(23)3-4-13(19)24;1-2-4-7-5-3-6/h10H,2-8H2,1H3,(H,18,22);2-6H2,1H3. The van der Waals surface area contributed by atoms with Gasteiger partial charge in [0.1, 0.15) is 11.8 Å². The predicted molar refractivity (Wildman–Crippen MR) is 121 cm³/mol. The first kappa shape index (κ1) is 31.3. The van der Waals surface area contributed by atoms with Crippen molar-refractivity contribution < 1.29 is 52.8 Å². The minimum atomic E-state index is -1.49. The third-order valence-corrected chi connectivity index (χ3v) is 4.66. The summed E-state index contributed by atoms with van der Waals surface area (Å²) in [6, 6.07) is -1.49. The zero-order valence-corrected chi connectivity index (χ0v) is 20.8. The average Bonchev–Trinajstić information content (AvgIpc) is 3.33. The number of imide groups is 2. The van der Waals surface area contributed by atoms with Crippen LogP contribution in [-0.4, -0.2) is 83.2 Å². The first-order valence-electron chi connectivity index (χ1n) is 11.7. The number of amides is 5.